The summed E-state index contributed by atoms with van der Waals surface area (Å²) < 4.78 is 11.6. The summed E-state index contributed by atoms with van der Waals surface area (Å²) in [6, 6.07) is 7.25. The summed E-state index contributed by atoms with van der Waals surface area (Å²) in [5.74, 6) is -0.0196. The molecule has 1 amide bonds. The van der Waals surface area contributed by atoms with Gasteiger partial charge in [-0.3, -0.25) is 20.0 Å². The second-order valence-corrected chi connectivity index (χ2v) is 6.55. The molecule has 1 aliphatic rings. The Kier molecular flexibility index (Phi) is 6.72. The van der Waals surface area contributed by atoms with E-state index in [0.29, 0.717) is 6.42 Å². The quantitative estimate of drug-likeness (QED) is 0.429. The molecule has 0 unspecified atom stereocenters. The number of carbonyl (C=O) groups excluding carboxylic acids is 1. The van der Waals surface area contributed by atoms with E-state index in [1.54, 1.807) is 12.1 Å². The molecule has 160 valence electrons. The number of rotatable bonds is 7. The lowest BCUT2D eigenvalue weighted by atomic mass is 10.1. The van der Waals surface area contributed by atoms with E-state index in [4.69, 9.17) is 14.6 Å². The molecule has 2 heterocycles. The normalized spacial score (nSPS) is 20.7. The molecule has 0 radical (unpaired) electrons. The fourth-order valence-corrected chi connectivity index (χ4v) is 2.94. The van der Waals surface area contributed by atoms with Gasteiger partial charge in [0.05, 0.1) is 24.2 Å². The number of amides is 1. The zero-order valence-corrected chi connectivity index (χ0v) is 15.7. The van der Waals surface area contributed by atoms with Crippen LogP contribution in [0.25, 0.3) is 0 Å². The molecule has 12 nitrogen and oxygen atoms in total. The summed E-state index contributed by atoms with van der Waals surface area (Å²) >= 11 is 0. The summed E-state index contributed by atoms with van der Waals surface area (Å²) in [5, 5.41) is 31.8. The number of nitrogens with one attached hydrogen (secondary N) is 1. The number of nitrogens with zero attached hydrogens (tertiary/aromatic N) is 3. The number of aliphatic hydroxyl groups excluding tert-OH is 2. The van der Waals surface area contributed by atoms with Crippen LogP contribution in [0.3, 0.4) is 0 Å². The minimum absolute atomic E-state index is 0.0196. The summed E-state index contributed by atoms with van der Waals surface area (Å²) in [6.07, 6.45) is -1.40. The van der Waals surface area contributed by atoms with Crippen LogP contribution in [0.4, 0.5) is 16.3 Å². The minimum atomic E-state index is -0.893. The van der Waals surface area contributed by atoms with Gasteiger partial charge in [-0.25, -0.2) is 9.59 Å². The molecule has 0 spiro atoms. The molecule has 0 saturated carbocycles. The number of carbonyl (C=O) groups is 1. The van der Waals surface area contributed by atoms with Crippen LogP contribution in [-0.4, -0.2) is 56.2 Å². The van der Waals surface area contributed by atoms with Crippen molar-refractivity contribution in [3.8, 4) is 0 Å². The first-order valence-electron chi connectivity index (χ1n) is 9.08. The van der Waals surface area contributed by atoms with Crippen molar-refractivity contribution < 1.29 is 29.4 Å². The average Bonchev–Trinajstić information content (AvgIpc) is 3.09. The highest BCUT2D eigenvalue weighted by atomic mass is 16.6. The third kappa shape index (κ3) is 5.17. The number of anilines is 1. The topological polar surface area (TPSA) is 166 Å². The van der Waals surface area contributed by atoms with E-state index < -0.39 is 35.1 Å². The van der Waals surface area contributed by atoms with E-state index >= 15 is 0 Å². The number of hydrogen-bond donors (Lipinski definition) is 3. The Hall–Kier alpha value is -3.35. The standard InChI is InChI=1S/C18H20N4O8/c23-10-14-13(24)9-16(30-14)21-7-5-15(19-17(21)25)20-18(26)29-8-6-11-1-3-12(4-2-11)22(27)28/h1-5,7,13-14,16,23-24H,6,8-10H2,(H,19,20,25,26)/t13-,14+,16+/m0/s1. The van der Waals surface area contributed by atoms with Crippen molar-refractivity contribution in [3.63, 3.8) is 0 Å². The third-order valence-corrected chi connectivity index (χ3v) is 4.53. The number of nitro benzene ring substituents is 1. The first kappa shape index (κ1) is 21.4. The van der Waals surface area contributed by atoms with Crippen LogP contribution < -0.4 is 11.0 Å². The zero-order chi connectivity index (χ0) is 21.7. The second kappa shape index (κ2) is 9.43. The van der Waals surface area contributed by atoms with E-state index in [2.05, 4.69) is 10.3 Å². The lowest BCUT2D eigenvalue weighted by Gasteiger charge is -2.14. The maximum Gasteiger partial charge on any atom is 0.412 e. The highest BCUT2D eigenvalue weighted by Gasteiger charge is 2.34. The lowest BCUT2D eigenvalue weighted by molar-refractivity contribution is -0.384. The fourth-order valence-electron chi connectivity index (χ4n) is 2.94. The van der Waals surface area contributed by atoms with Crippen molar-refractivity contribution in [2.75, 3.05) is 18.5 Å². The van der Waals surface area contributed by atoms with E-state index in [-0.39, 0.29) is 31.1 Å². The number of benzene rings is 1. The van der Waals surface area contributed by atoms with E-state index in [0.717, 1.165) is 10.1 Å². The number of hydrogen-bond acceptors (Lipinski definition) is 9. The molecule has 3 atom stereocenters. The smallest absolute Gasteiger partial charge is 0.412 e. The molecule has 1 aliphatic heterocycles. The predicted molar refractivity (Wildman–Crippen MR) is 102 cm³/mol. The van der Waals surface area contributed by atoms with Crippen molar-refractivity contribution in [2.45, 2.75) is 31.3 Å². The maximum atomic E-state index is 12.2. The van der Waals surface area contributed by atoms with Crippen LogP contribution >= 0.6 is 0 Å². The van der Waals surface area contributed by atoms with E-state index in [1.165, 1.54) is 24.4 Å². The van der Waals surface area contributed by atoms with Crippen LogP contribution in [-0.2, 0) is 15.9 Å². The first-order chi connectivity index (χ1) is 14.4. The van der Waals surface area contributed by atoms with Gasteiger partial charge >= 0.3 is 11.8 Å². The Labute approximate surface area is 169 Å². The average molecular weight is 420 g/mol. The van der Waals surface area contributed by atoms with Crippen molar-refractivity contribution in [1.82, 2.24) is 9.55 Å². The Morgan fingerprint density at radius 1 is 1.37 bits per heavy atom. The molecule has 0 bridgehead atoms. The van der Waals surface area contributed by atoms with Crippen LogP contribution in [0.15, 0.2) is 41.3 Å². The molecule has 2 aromatic rings. The van der Waals surface area contributed by atoms with E-state index in [9.17, 15) is 24.8 Å². The Morgan fingerprint density at radius 3 is 2.70 bits per heavy atom. The number of aliphatic hydroxyl groups is 2. The number of aromatic nitrogens is 2. The van der Waals surface area contributed by atoms with E-state index in [1.807, 2.05) is 0 Å². The Bertz CT molecular complexity index is 961. The van der Waals surface area contributed by atoms with Crippen molar-refractivity contribution in [3.05, 3.63) is 62.7 Å². The van der Waals surface area contributed by atoms with Crippen molar-refractivity contribution in [1.29, 1.82) is 0 Å². The number of nitro groups is 1. The van der Waals surface area contributed by atoms with Gasteiger partial charge in [0.1, 0.15) is 18.1 Å². The predicted octanol–water partition coefficient (Wildman–Crippen LogP) is 0.583. The van der Waals surface area contributed by atoms with Gasteiger partial charge in [0.15, 0.2) is 0 Å². The van der Waals surface area contributed by atoms with Gasteiger partial charge in [0.25, 0.3) is 5.69 Å². The van der Waals surface area contributed by atoms with Gasteiger partial charge < -0.3 is 19.7 Å². The van der Waals surface area contributed by atoms with Gasteiger partial charge in [0, 0.05) is 31.2 Å². The summed E-state index contributed by atoms with van der Waals surface area (Å²) in [6.45, 7) is -0.345. The fraction of sp³-hybridized carbons (Fsp3) is 0.389. The van der Waals surface area contributed by atoms with Gasteiger partial charge in [-0.1, -0.05) is 12.1 Å². The molecule has 1 aromatic carbocycles. The summed E-state index contributed by atoms with van der Waals surface area (Å²) in [5.41, 5.74) is 0.0335. The monoisotopic (exact) mass is 420 g/mol. The molecule has 1 fully saturated rings. The van der Waals surface area contributed by atoms with Gasteiger partial charge in [-0.05, 0) is 11.6 Å². The molecule has 30 heavy (non-hydrogen) atoms. The molecule has 3 N–H and O–H groups in total. The van der Waals surface area contributed by atoms with Crippen LogP contribution in [0.5, 0.6) is 0 Å². The molecule has 1 saturated heterocycles. The van der Waals surface area contributed by atoms with Crippen LogP contribution in [0.2, 0.25) is 0 Å². The Balaban J connectivity index is 1.50. The van der Waals surface area contributed by atoms with Gasteiger partial charge in [-0.2, -0.15) is 4.98 Å². The van der Waals surface area contributed by atoms with Crippen molar-refractivity contribution in [2.24, 2.45) is 0 Å². The SMILES string of the molecule is O=C(Nc1ccn([C@H]2C[C@H](O)[C@@H](CO)O2)c(=O)n1)OCCc1ccc([N+](=O)[O-])cc1. The number of ether oxygens (including phenoxy) is 2. The molecule has 1 aromatic heterocycles. The largest absolute Gasteiger partial charge is 0.449 e. The molecular weight excluding hydrogens is 400 g/mol. The highest BCUT2D eigenvalue weighted by molar-refractivity contribution is 5.83. The molecule has 3 rings (SSSR count). The Morgan fingerprint density at radius 2 is 2.10 bits per heavy atom. The number of non-ortho nitro benzene ring substituents is 1. The summed E-state index contributed by atoms with van der Waals surface area (Å²) in [4.78, 5) is 37.9. The zero-order valence-electron chi connectivity index (χ0n) is 15.7. The van der Waals surface area contributed by atoms with Crippen molar-refractivity contribution >= 4 is 17.6 Å². The van der Waals surface area contributed by atoms with Crippen LogP contribution in [0.1, 0.15) is 18.2 Å². The minimum Gasteiger partial charge on any atom is -0.449 e. The molecular formula is C18H20N4O8. The van der Waals surface area contributed by atoms with Gasteiger partial charge in [0.2, 0.25) is 0 Å². The summed E-state index contributed by atoms with van der Waals surface area (Å²) in [7, 11) is 0. The first-order valence-corrected chi connectivity index (χ1v) is 9.08. The lowest BCUT2D eigenvalue weighted by Crippen LogP contribution is -2.28. The highest BCUT2D eigenvalue weighted by Crippen LogP contribution is 2.27. The molecule has 12 heteroatoms. The maximum absolute atomic E-state index is 12.2. The second-order valence-electron chi connectivity index (χ2n) is 6.55. The van der Waals surface area contributed by atoms with Crippen LogP contribution in [0, 0.1) is 10.1 Å². The van der Waals surface area contributed by atoms with Gasteiger partial charge in [-0.15, -0.1) is 0 Å². The molecule has 0 aliphatic carbocycles. The third-order valence-electron chi connectivity index (χ3n) is 4.53.